The molecule has 15 heteroatoms. The maximum absolute atomic E-state index is 15.2. The fraction of sp³-hybridized carbons (Fsp3) is 0.208. The third-order valence-electron chi connectivity index (χ3n) is 5.02. The van der Waals surface area contributed by atoms with E-state index in [1.54, 1.807) is 0 Å². The van der Waals surface area contributed by atoms with E-state index < -0.39 is 70.4 Å². The predicted molar refractivity (Wildman–Crippen MR) is 119 cm³/mol. The summed E-state index contributed by atoms with van der Waals surface area (Å²) in [5.41, 5.74) is -2.27. The Morgan fingerprint density at radius 1 is 0.974 bits per heavy atom. The first-order valence-corrected chi connectivity index (χ1v) is 10.5. The highest BCUT2D eigenvalue weighted by atomic mass is 19.4. The number of hydrogen-bond donors (Lipinski definition) is 1. The number of methoxy groups -OCH3 is 2. The van der Waals surface area contributed by atoms with Gasteiger partial charge in [-0.05, 0) is 42.8 Å². The Morgan fingerprint density at radius 3 is 2.21 bits per heavy atom. The van der Waals surface area contributed by atoms with Gasteiger partial charge in [0.2, 0.25) is 11.6 Å². The second kappa shape index (κ2) is 11.4. The predicted octanol–water partition coefficient (Wildman–Crippen LogP) is 6.34. The molecule has 2 aromatic carbocycles. The third-order valence-corrected chi connectivity index (χ3v) is 5.02. The number of nitrogens with zero attached hydrogens (tertiary/aromatic N) is 1. The van der Waals surface area contributed by atoms with Gasteiger partial charge in [-0.3, -0.25) is 4.79 Å². The summed E-state index contributed by atoms with van der Waals surface area (Å²) >= 11 is 0. The lowest BCUT2D eigenvalue weighted by Crippen LogP contribution is -2.18. The minimum Gasteiger partial charge on any atom is -0.490 e. The third kappa shape index (κ3) is 6.48. The molecule has 3 rings (SSSR count). The summed E-state index contributed by atoms with van der Waals surface area (Å²) in [6.45, 7) is 1.46. The van der Waals surface area contributed by atoms with Gasteiger partial charge in [-0.25, -0.2) is 22.9 Å². The van der Waals surface area contributed by atoms with Gasteiger partial charge in [-0.2, -0.15) is 4.39 Å². The second-order valence-electron chi connectivity index (χ2n) is 7.53. The highest BCUT2D eigenvalue weighted by molar-refractivity contribution is 6.07. The molecule has 1 amide bonds. The van der Waals surface area contributed by atoms with Crippen molar-refractivity contribution in [1.82, 2.24) is 4.98 Å². The standard InChI is InChI=1S/C24H17F7N2O6/c1-10-9-32-13(23(35)37-3)8-12(10)33-22(34)17-14(5-4-11(18(17)25)21(27)28)38-16-7-6-15(39-24(29,30)31)19(26)20(16)36-2/h4-9,21H,1-3H3,(H,32,33,34). The van der Waals surface area contributed by atoms with Gasteiger partial charge in [0.05, 0.1) is 19.8 Å². The van der Waals surface area contributed by atoms with Gasteiger partial charge in [0.1, 0.15) is 22.8 Å². The van der Waals surface area contributed by atoms with Crippen molar-refractivity contribution < 1.29 is 59.3 Å². The van der Waals surface area contributed by atoms with Crippen LogP contribution in [0.2, 0.25) is 0 Å². The average molecular weight is 562 g/mol. The number of benzene rings is 2. The maximum atomic E-state index is 15.2. The molecule has 39 heavy (non-hydrogen) atoms. The number of carbonyl (C=O) groups excluding carboxylic acids is 2. The molecule has 1 N–H and O–H groups in total. The summed E-state index contributed by atoms with van der Waals surface area (Å²) in [4.78, 5) is 28.7. The lowest BCUT2D eigenvalue weighted by molar-refractivity contribution is -0.275. The van der Waals surface area contributed by atoms with E-state index in [1.807, 2.05) is 0 Å². The van der Waals surface area contributed by atoms with Gasteiger partial charge in [0.15, 0.2) is 11.5 Å². The van der Waals surface area contributed by atoms with Gasteiger partial charge >= 0.3 is 12.3 Å². The summed E-state index contributed by atoms with van der Waals surface area (Å²) in [6, 6.07) is 3.75. The second-order valence-corrected chi connectivity index (χ2v) is 7.53. The number of ether oxygens (including phenoxy) is 4. The highest BCUT2D eigenvalue weighted by Crippen LogP contribution is 2.42. The van der Waals surface area contributed by atoms with E-state index in [4.69, 9.17) is 9.47 Å². The van der Waals surface area contributed by atoms with Gasteiger partial charge in [0, 0.05) is 11.9 Å². The minimum absolute atomic E-state index is 0.0690. The Labute approximate surface area is 215 Å². The van der Waals surface area contributed by atoms with Crippen LogP contribution in [-0.2, 0) is 4.74 Å². The van der Waals surface area contributed by atoms with E-state index in [0.29, 0.717) is 12.1 Å². The monoisotopic (exact) mass is 562 g/mol. The molecule has 0 bridgehead atoms. The van der Waals surface area contributed by atoms with Crippen molar-refractivity contribution in [2.24, 2.45) is 0 Å². The zero-order chi connectivity index (χ0) is 29.1. The van der Waals surface area contributed by atoms with Crippen LogP contribution in [0, 0.1) is 18.6 Å². The summed E-state index contributed by atoms with van der Waals surface area (Å²) in [5, 5.41) is 2.25. The van der Waals surface area contributed by atoms with Crippen LogP contribution in [-0.4, -0.2) is 37.4 Å². The van der Waals surface area contributed by atoms with Gasteiger partial charge in [-0.1, -0.05) is 0 Å². The van der Waals surface area contributed by atoms with Crippen molar-refractivity contribution in [2.75, 3.05) is 19.5 Å². The number of pyridine rings is 1. The van der Waals surface area contributed by atoms with Crippen molar-refractivity contribution in [3.63, 3.8) is 0 Å². The Morgan fingerprint density at radius 2 is 1.62 bits per heavy atom. The Balaban J connectivity index is 2.08. The number of rotatable bonds is 8. The van der Waals surface area contributed by atoms with Gasteiger partial charge in [-0.15, -0.1) is 13.2 Å². The molecule has 0 aliphatic carbocycles. The summed E-state index contributed by atoms with van der Waals surface area (Å²) in [6.07, 6.45) is -7.42. The normalized spacial score (nSPS) is 11.3. The summed E-state index contributed by atoms with van der Waals surface area (Å²) < 4.78 is 112. The highest BCUT2D eigenvalue weighted by Gasteiger charge is 2.34. The van der Waals surface area contributed by atoms with Crippen LogP contribution >= 0.6 is 0 Å². The lowest BCUT2D eigenvalue weighted by Gasteiger charge is -2.18. The van der Waals surface area contributed by atoms with Crippen molar-refractivity contribution in [3.8, 4) is 23.0 Å². The number of alkyl halides is 5. The number of amides is 1. The Hall–Kier alpha value is -4.56. The van der Waals surface area contributed by atoms with Crippen molar-refractivity contribution >= 4 is 17.6 Å². The molecule has 208 valence electrons. The molecule has 0 saturated heterocycles. The number of carbonyl (C=O) groups is 2. The smallest absolute Gasteiger partial charge is 0.490 e. The quantitative estimate of drug-likeness (QED) is 0.253. The molecule has 0 spiro atoms. The van der Waals surface area contributed by atoms with Crippen LogP contribution in [0.1, 0.15) is 38.4 Å². The molecular formula is C24H17F7N2O6. The first-order valence-electron chi connectivity index (χ1n) is 10.5. The topological polar surface area (TPSA) is 96.0 Å². The number of halogens is 7. The molecule has 0 aliphatic heterocycles. The first kappa shape index (κ1) is 29.0. The molecular weight excluding hydrogens is 545 g/mol. The van der Waals surface area contributed by atoms with E-state index in [1.165, 1.54) is 13.1 Å². The van der Waals surface area contributed by atoms with E-state index in [0.717, 1.165) is 32.4 Å². The zero-order valence-corrected chi connectivity index (χ0v) is 20.1. The van der Waals surface area contributed by atoms with E-state index in [2.05, 4.69) is 19.8 Å². The molecule has 0 aliphatic rings. The lowest BCUT2D eigenvalue weighted by atomic mass is 10.1. The van der Waals surface area contributed by atoms with E-state index >= 15 is 4.39 Å². The minimum atomic E-state index is -5.24. The van der Waals surface area contributed by atoms with Crippen LogP contribution in [0.3, 0.4) is 0 Å². The number of hydrogen-bond acceptors (Lipinski definition) is 7. The number of esters is 1. The van der Waals surface area contributed by atoms with E-state index in [9.17, 15) is 35.9 Å². The van der Waals surface area contributed by atoms with Gasteiger partial charge < -0.3 is 24.3 Å². The van der Waals surface area contributed by atoms with Crippen LogP contribution in [0.4, 0.5) is 36.4 Å². The largest absolute Gasteiger partial charge is 0.573 e. The molecule has 1 aromatic heterocycles. The fourth-order valence-electron chi connectivity index (χ4n) is 3.21. The molecule has 0 radical (unpaired) electrons. The Kier molecular flexibility index (Phi) is 8.51. The van der Waals surface area contributed by atoms with Crippen LogP contribution < -0.4 is 19.5 Å². The number of anilines is 1. The maximum Gasteiger partial charge on any atom is 0.573 e. The molecule has 3 aromatic rings. The van der Waals surface area contributed by atoms with Crippen LogP contribution in [0.15, 0.2) is 36.5 Å². The molecule has 1 heterocycles. The number of aromatic nitrogens is 1. The SMILES string of the molecule is COC(=O)c1cc(NC(=O)c2c(Oc3ccc(OC(F)(F)F)c(F)c3OC)ccc(C(F)F)c2F)c(C)cn1. The molecule has 0 atom stereocenters. The molecule has 0 saturated carbocycles. The average Bonchev–Trinajstić information content (AvgIpc) is 2.85. The molecule has 0 fully saturated rings. The van der Waals surface area contributed by atoms with Crippen LogP contribution in [0.5, 0.6) is 23.0 Å². The molecule has 8 nitrogen and oxygen atoms in total. The number of nitrogens with one attached hydrogen (secondary N) is 1. The fourth-order valence-corrected chi connectivity index (χ4v) is 3.21. The zero-order valence-electron chi connectivity index (χ0n) is 20.1. The van der Waals surface area contributed by atoms with E-state index in [-0.39, 0.29) is 16.9 Å². The van der Waals surface area contributed by atoms with Gasteiger partial charge in [0.25, 0.3) is 12.3 Å². The number of aryl methyl sites for hydroxylation is 1. The molecule has 0 unspecified atom stereocenters. The summed E-state index contributed by atoms with van der Waals surface area (Å²) in [7, 11) is 1.96. The Bertz CT molecular complexity index is 1410. The van der Waals surface area contributed by atoms with Crippen molar-refractivity contribution in [1.29, 1.82) is 0 Å². The first-order chi connectivity index (χ1) is 18.3. The summed E-state index contributed by atoms with van der Waals surface area (Å²) in [5.74, 6) is -9.11. The van der Waals surface area contributed by atoms with Crippen molar-refractivity contribution in [3.05, 3.63) is 70.5 Å². The van der Waals surface area contributed by atoms with Crippen LogP contribution in [0.25, 0.3) is 0 Å². The van der Waals surface area contributed by atoms with Crippen molar-refractivity contribution in [2.45, 2.75) is 19.7 Å².